The van der Waals surface area contributed by atoms with Crippen LogP contribution in [0.4, 0.5) is 0 Å². The van der Waals surface area contributed by atoms with Gasteiger partial charge < -0.3 is 9.84 Å². The normalized spacial score (nSPS) is 14.8. The number of aryl methyl sites for hydroxylation is 1. The second kappa shape index (κ2) is 7.40. The van der Waals surface area contributed by atoms with Crippen molar-refractivity contribution in [1.29, 1.82) is 0 Å². The smallest absolute Gasteiger partial charge is 0.138 e. The first-order valence-corrected chi connectivity index (χ1v) is 6.39. The Bertz CT molecular complexity index is 308. The third-order valence-corrected chi connectivity index (χ3v) is 2.77. The maximum atomic E-state index is 10.2. The van der Waals surface area contributed by atoms with E-state index in [1.54, 1.807) is 4.68 Å². The minimum absolute atomic E-state index is 0.105. The van der Waals surface area contributed by atoms with Gasteiger partial charge in [-0.15, -0.1) is 0 Å². The first kappa shape index (κ1) is 14.1. The lowest BCUT2D eigenvalue weighted by atomic mass is 10.1. The molecule has 1 N–H and O–H groups in total. The van der Waals surface area contributed by atoms with Gasteiger partial charge in [-0.05, 0) is 20.3 Å². The molecule has 0 radical (unpaired) electrons. The summed E-state index contributed by atoms with van der Waals surface area (Å²) in [5.41, 5.74) is 0. The molecular weight excluding hydrogens is 218 g/mol. The quantitative estimate of drug-likeness (QED) is 0.747. The second-order valence-corrected chi connectivity index (χ2v) is 4.05. The largest absolute Gasteiger partial charge is 0.390 e. The highest BCUT2D eigenvalue weighted by atomic mass is 16.5. The fraction of sp³-hybridized carbons (Fsp3) is 0.833. The van der Waals surface area contributed by atoms with Crippen molar-refractivity contribution in [2.75, 3.05) is 6.61 Å². The molecule has 0 saturated heterocycles. The Hall–Kier alpha value is -0.940. The number of nitrogens with zero attached hydrogens (tertiary/aromatic N) is 3. The standard InChI is InChI=1S/C12H23N3O2/c1-4-7-11(17-6-3)10(16)8-12-13-9-14-15(12)5-2/h9-11,16H,4-8H2,1-3H3. The van der Waals surface area contributed by atoms with Crippen LogP contribution >= 0.6 is 0 Å². The summed E-state index contributed by atoms with van der Waals surface area (Å²) in [6.45, 7) is 7.45. The molecule has 0 spiro atoms. The molecule has 2 atom stereocenters. The molecule has 1 aromatic rings. The highest BCUT2D eigenvalue weighted by Gasteiger charge is 2.21. The Morgan fingerprint density at radius 2 is 2.18 bits per heavy atom. The molecule has 0 aliphatic carbocycles. The number of ether oxygens (including phenoxy) is 1. The van der Waals surface area contributed by atoms with Crippen molar-refractivity contribution in [2.45, 2.75) is 58.8 Å². The van der Waals surface area contributed by atoms with Crippen LogP contribution in [0.25, 0.3) is 0 Å². The van der Waals surface area contributed by atoms with Gasteiger partial charge in [0.1, 0.15) is 12.2 Å². The van der Waals surface area contributed by atoms with Crippen LogP contribution in [-0.4, -0.2) is 38.7 Å². The summed E-state index contributed by atoms with van der Waals surface area (Å²) in [5, 5.41) is 14.2. The third-order valence-electron chi connectivity index (χ3n) is 2.77. The maximum absolute atomic E-state index is 10.2. The zero-order valence-corrected chi connectivity index (χ0v) is 11.0. The van der Waals surface area contributed by atoms with Crippen LogP contribution in [0.1, 0.15) is 39.4 Å². The monoisotopic (exact) mass is 241 g/mol. The van der Waals surface area contributed by atoms with Gasteiger partial charge in [0.2, 0.25) is 0 Å². The van der Waals surface area contributed by atoms with Crippen molar-refractivity contribution in [2.24, 2.45) is 0 Å². The molecule has 0 aromatic carbocycles. The fourth-order valence-corrected chi connectivity index (χ4v) is 1.91. The summed E-state index contributed by atoms with van der Waals surface area (Å²) in [6.07, 6.45) is 3.29. The highest BCUT2D eigenvalue weighted by molar-refractivity contribution is 4.89. The summed E-state index contributed by atoms with van der Waals surface area (Å²) in [4.78, 5) is 4.17. The molecule has 0 bridgehead atoms. The van der Waals surface area contributed by atoms with E-state index in [4.69, 9.17) is 4.74 Å². The average molecular weight is 241 g/mol. The molecule has 1 heterocycles. The highest BCUT2D eigenvalue weighted by Crippen LogP contribution is 2.11. The van der Waals surface area contributed by atoms with Gasteiger partial charge in [0.15, 0.2) is 0 Å². The van der Waals surface area contributed by atoms with Crippen LogP contribution in [0.3, 0.4) is 0 Å². The Labute approximate surface area is 103 Å². The molecule has 0 amide bonds. The van der Waals surface area contributed by atoms with Gasteiger partial charge in [-0.25, -0.2) is 4.98 Å². The molecule has 5 nitrogen and oxygen atoms in total. The molecule has 1 rings (SSSR count). The molecule has 1 aromatic heterocycles. The predicted octanol–water partition coefficient (Wildman–Crippen LogP) is 1.41. The van der Waals surface area contributed by atoms with Crippen molar-refractivity contribution in [3.8, 4) is 0 Å². The van der Waals surface area contributed by atoms with Gasteiger partial charge in [0.05, 0.1) is 12.2 Å². The summed E-state index contributed by atoms with van der Waals surface area (Å²) in [6, 6.07) is 0. The molecule has 0 aliphatic rings. The van der Waals surface area contributed by atoms with Crippen molar-refractivity contribution in [3.63, 3.8) is 0 Å². The van der Waals surface area contributed by atoms with Crippen molar-refractivity contribution in [3.05, 3.63) is 12.2 Å². The van der Waals surface area contributed by atoms with Gasteiger partial charge in [-0.1, -0.05) is 13.3 Å². The van der Waals surface area contributed by atoms with E-state index in [1.165, 1.54) is 6.33 Å². The average Bonchev–Trinajstić information content (AvgIpc) is 2.76. The topological polar surface area (TPSA) is 60.2 Å². The lowest BCUT2D eigenvalue weighted by Crippen LogP contribution is -2.32. The van der Waals surface area contributed by atoms with Gasteiger partial charge >= 0.3 is 0 Å². The fourth-order valence-electron chi connectivity index (χ4n) is 1.91. The van der Waals surface area contributed by atoms with Crippen LogP contribution in [0, 0.1) is 0 Å². The van der Waals surface area contributed by atoms with E-state index in [1.807, 2.05) is 13.8 Å². The SMILES string of the molecule is CCCC(OCC)C(O)Cc1ncnn1CC. The van der Waals surface area contributed by atoms with E-state index in [-0.39, 0.29) is 6.10 Å². The van der Waals surface area contributed by atoms with Crippen LogP contribution in [0.15, 0.2) is 6.33 Å². The summed E-state index contributed by atoms with van der Waals surface area (Å²) in [5.74, 6) is 0.820. The van der Waals surface area contributed by atoms with Crippen LogP contribution in [-0.2, 0) is 17.7 Å². The molecule has 0 fully saturated rings. The summed E-state index contributed by atoms with van der Waals surface area (Å²) >= 11 is 0. The molecule has 0 saturated carbocycles. The number of rotatable bonds is 8. The van der Waals surface area contributed by atoms with Gasteiger partial charge in [-0.3, -0.25) is 4.68 Å². The van der Waals surface area contributed by atoms with Crippen molar-refractivity contribution >= 4 is 0 Å². The van der Waals surface area contributed by atoms with Gasteiger partial charge in [0.25, 0.3) is 0 Å². The second-order valence-electron chi connectivity index (χ2n) is 4.05. The van der Waals surface area contributed by atoms with E-state index >= 15 is 0 Å². The van der Waals surface area contributed by atoms with E-state index < -0.39 is 6.10 Å². The molecule has 2 unspecified atom stereocenters. The van der Waals surface area contributed by atoms with Crippen LogP contribution < -0.4 is 0 Å². The van der Waals surface area contributed by atoms with Crippen molar-refractivity contribution in [1.82, 2.24) is 14.8 Å². The lowest BCUT2D eigenvalue weighted by Gasteiger charge is -2.22. The molecule has 0 aliphatic heterocycles. The van der Waals surface area contributed by atoms with Crippen molar-refractivity contribution < 1.29 is 9.84 Å². The minimum atomic E-state index is -0.510. The van der Waals surface area contributed by atoms with E-state index in [2.05, 4.69) is 17.0 Å². The maximum Gasteiger partial charge on any atom is 0.138 e. The molecular formula is C12H23N3O2. The lowest BCUT2D eigenvalue weighted by molar-refractivity contribution is -0.0374. The van der Waals surface area contributed by atoms with Gasteiger partial charge in [0, 0.05) is 19.6 Å². The third kappa shape index (κ3) is 4.09. The predicted molar refractivity (Wildman–Crippen MR) is 65.7 cm³/mol. The first-order chi connectivity index (χ1) is 8.22. The zero-order chi connectivity index (χ0) is 12.7. The number of aliphatic hydroxyl groups is 1. The number of hydrogen-bond acceptors (Lipinski definition) is 4. The van der Waals surface area contributed by atoms with E-state index in [0.717, 1.165) is 25.2 Å². The number of aromatic nitrogens is 3. The molecule has 5 heteroatoms. The summed E-state index contributed by atoms with van der Waals surface area (Å²) < 4.78 is 7.36. The number of hydrogen-bond donors (Lipinski definition) is 1. The van der Waals surface area contributed by atoms with E-state index in [0.29, 0.717) is 13.0 Å². The zero-order valence-electron chi connectivity index (χ0n) is 11.0. The Morgan fingerprint density at radius 1 is 1.41 bits per heavy atom. The number of aliphatic hydroxyl groups excluding tert-OH is 1. The summed E-state index contributed by atoms with van der Waals surface area (Å²) in [7, 11) is 0. The van der Waals surface area contributed by atoms with Crippen LogP contribution in [0.5, 0.6) is 0 Å². The van der Waals surface area contributed by atoms with E-state index in [9.17, 15) is 5.11 Å². The Balaban J connectivity index is 2.59. The Kier molecular flexibility index (Phi) is 6.15. The molecule has 17 heavy (non-hydrogen) atoms. The van der Waals surface area contributed by atoms with Gasteiger partial charge in [-0.2, -0.15) is 5.10 Å². The van der Waals surface area contributed by atoms with Crippen LogP contribution in [0.2, 0.25) is 0 Å². The Morgan fingerprint density at radius 3 is 2.76 bits per heavy atom. The first-order valence-electron chi connectivity index (χ1n) is 6.39. The molecule has 98 valence electrons. The minimum Gasteiger partial charge on any atom is -0.390 e.